The number of aliphatic hydroxyl groups is 1. The Labute approximate surface area is 143 Å². The minimum atomic E-state index is -0.189. The Balaban J connectivity index is 1.88. The number of carbonyl (C=O) groups is 1. The van der Waals surface area contributed by atoms with E-state index in [-0.39, 0.29) is 12.0 Å². The molecular weight excluding hydrogens is 308 g/mol. The second-order valence-electron chi connectivity index (χ2n) is 6.52. The summed E-state index contributed by atoms with van der Waals surface area (Å²) in [7, 11) is 0. The zero-order valence-corrected chi connectivity index (χ0v) is 14.9. The summed E-state index contributed by atoms with van der Waals surface area (Å²) in [5.41, 5.74) is 1.93. The van der Waals surface area contributed by atoms with Crippen molar-refractivity contribution in [3.63, 3.8) is 0 Å². The van der Waals surface area contributed by atoms with E-state index >= 15 is 0 Å². The highest BCUT2D eigenvalue weighted by Gasteiger charge is 2.19. The Morgan fingerprint density at radius 3 is 2.74 bits per heavy atom. The number of anilines is 2. The fraction of sp³-hybridized carbons (Fsp3) is 0.611. The molecule has 1 aliphatic rings. The van der Waals surface area contributed by atoms with Gasteiger partial charge in [-0.05, 0) is 43.1 Å². The van der Waals surface area contributed by atoms with Gasteiger partial charge in [0.05, 0.1) is 23.2 Å². The fourth-order valence-corrected chi connectivity index (χ4v) is 3.67. The molecular formula is C18H28N2O2S. The maximum Gasteiger partial charge on any atom is 0.234 e. The molecule has 1 aromatic carbocycles. The first kappa shape index (κ1) is 18.1. The van der Waals surface area contributed by atoms with Crippen molar-refractivity contribution in [2.24, 2.45) is 5.92 Å². The monoisotopic (exact) mass is 336 g/mol. The van der Waals surface area contributed by atoms with E-state index in [4.69, 9.17) is 0 Å². The number of hydrogen-bond acceptors (Lipinski definition) is 4. The number of amides is 1. The molecule has 1 amide bonds. The largest absolute Gasteiger partial charge is 0.393 e. The Bertz CT molecular complexity index is 500. The van der Waals surface area contributed by atoms with Crippen LogP contribution in [-0.2, 0) is 4.79 Å². The standard InChI is InChI=1S/C18H28N2O2S/c1-14(2)9-12-23-13-18(22)19-16-5-3-4-6-17(16)20-10-7-15(21)8-11-20/h3-6,14-15,21H,7-13H2,1-2H3,(H,19,22). The molecule has 23 heavy (non-hydrogen) atoms. The molecule has 0 atom stereocenters. The molecule has 0 bridgehead atoms. The lowest BCUT2D eigenvalue weighted by Gasteiger charge is -2.32. The number of nitrogens with zero attached hydrogens (tertiary/aromatic N) is 1. The van der Waals surface area contributed by atoms with Gasteiger partial charge in [-0.25, -0.2) is 0 Å². The molecule has 5 heteroatoms. The average Bonchev–Trinajstić information content (AvgIpc) is 2.53. The van der Waals surface area contributed by atoms with Crippen molar-refractivity contribution in [3.05, 3.63) is 24.3 Å². The van der Waals surface area contributed by atoms with E-state index in [9.17, 15) is 9.90 Å². The Kier molecular flexibility index (Phi) is 7.24. The van der Waals surface area contributed by atoms with Crippen LogP contribution in [-0.4, -0.2) is 41.7 Å². The van der Waals surface area contributed by atoms with Crippen molar-refractivity contribution in [2.75, 3.05) is 34.8 Å². The summed E-state index contributed by atoms with van der Waals surface area (Å²) in [4.78, 5) is 14.4. The molecule has 2 rings (SSSR count). The number of benzene rings is 1. The molecule has 1 fully saturated rings. The van der Waals surface area contributed by atoms with Gasteiger partial charge in [-0.3, -0.25) is 4.79 Å². The van der Waals surface area contributed by atoms with Crippen molar-refractivity contribution < 1.29 is 9.90 Å². The Hall–Kier alpha value is -1.20. The molecule has 0 spiro atoms. The van der Waals surface area contributed by atoms with Crippen molar-refractivity contribution in [1.29, 1.82) is 0 Å². The molecule has 1 aromatic rings. The van der Waals surface area contributed by atoms with Gasteiger partial charge in [0.25, 0.3) is 0 Å². The molecule has 1 heterocycles. The van der Waals surface area contributed by atoms with Crippen LogP contribution in [0.15, 0.2) is 24.3 Å². The molecule has 2 N–H and O–H groups in total. The van der Waals surface area contributed by atoms with E-state index in [1.54, 1.807) is 11.8 Å². The highest BCUT2D eigenvalue weighted by Crippen LogP contribution is 2.28. The third-order valence-corrected chi connectivity index (χ3v) is 5.05. The van der Waals surface area contributed by atoms with E-state index < -0.39 is 0 Å². The summed E-state index contributed by atoms with van der Waals surface area (Å²) < 4.78 is 0. The van der Waals surface area contributed by atoms with E-state index in [0.717, 1.165) is 49.5 Å². The van der Waals surface area contributed by atoms with Crippen LogP contribution in [0.25, 0.3) is 0 Å². The number of piperidine rings is 1. The van der Waals surface area contributed by atoms with Crippen LogP contribution < -0.4 is 10.2 Å². The molecule has 0 unspecified atom stereocenters. The molecule has 1 saturated heterocycles. The lowest BCUT2D eigenvalue weighted by Crippen LogP contribution is -2.36. The summed E-state index contributed by atoms with van der Waals surface area (Å²) in [5.74, 6) is 2.26. The topological polar surface area (TPSA) is 52.6 Å². The van der Waals surface area contributed by atoms with Crippen LogP contribution in [0.3, 0.4) is 0 Å². The lowest BCUT2D eigenvalue weighted by molar-refractivity contribution is -0.113. The van der Waals surface area contributed by atoms with E-state index in [1.165, 1.54) is 0 Å². The summed E-state index contributed by atoms with van der Waals surface area (Å²) in [6.45, 7) is 6.06. The van der Waals surface area contributed by atoms with Gasteiger partial charge in [-0.2, -0.15) is 11.8 Å². The average molecular weight is 337 g/mol. The Morgan fingerprint density at radius 1 is 1.35 bits per heavy atom. The number of rotatable bonds is 7. The van der Waals surface area contributed by atoms with Crippen molar-refractivity contribution in [2.45, 2.75) is 39.2 Å². The van der Waals surface area contributed by atoms with E-state index in [1.807, 2.05) is 24.3 Å². The van der Waals surface area contributed by atoms with Crippen LogP contribution in [0.4, 0.5) is 11.4 Å². The third-order valence-electron chi connectivity index (χ3n) is 4.06. The first-order valence-electron chi connectivity index (χ1n) is 8.46. The smallest absolute Gasteiger partial charge is 0.234 e. The first-order chi connectivity index (χ1) is 11.1. The molecule has 0 aromatic heterocycles. The van der Waals surface area contributed by atoms with Gasteiger partial charge in [-0.1, -0.05) is 26.0 Å². The van der Waals surface area contributed by atoms with Crippen LogP contribution in [0.2, 0.25) is 0 Å². The fourth-order valence-electron chi connectivity index (χ4n) is 2.63. The summed E-state index contributed by atoms with van der Waals surface area (Å²) in [6, 6.07) is 7.94. The third kappa shape index (κ3) is 6.07. The summed E-state index contributed by atoms with van der Waals surface area (Å²) in [5, 5.41) is 12.7. The number of carbonyl (C=O) groups excluding carboxylic acids is 1. The number of para-hydroxylation sites is 2. The molecule has 128 valence electrons. The van der Waals surface area contributed by atoms with Gasteiger partial charge >= 0.3 is 0 Å². The SMILES string of the molecule is CC(C)CCSCC(=O)Nc1ccccc1N1CCC(O)CC1. The predicted molar refractivity (Wildman–Crippen MR) is 99.3 cm³/mol. The normalized spacial score (nSPS) is 15.9. The van der Waals surface area contributed by atoms with Gasteiger partial charge in [0.2, 0.25) is 5.91 Å². The van der Waals surface area contributed by atoms with E-state index in [2.05, 4.69) is 24.1 Å². The zero-order valence-electron chi connectivity index (χ0n) is 14.1. The highest BCUT2D eigenvalue weighted by atomic mass is 32.2. The van der Waals surface area contributed by atoms with Gasteiger partial charge in [0.1, 0.15) is 0 Å². The second kappa shape index (κ2) is 9.18. The number of aliphatic hydroxyl groups excluding tert-OH is 1. The van der Waals surface area contributed by atoms with E-state index in [0.29, 0.717) is 11.7 Å². The van der Waals surface area contributed by atoms with Gasteiger partial charge in [0, 0.05) is 13.1 Å². The molecule has 4 nitrogen and oxygen atoms in total. The maximum absolute atomic E-state index is 12.2. The lowest BCUT2D eigenvalue weighted by atomic mass is 10.1. The van der Waals surface area contributed by atoms with Crippen molar-refractivity contribution >= 4 is 29.0 Å². The van der Waals surface area contributed by atoms with Gasteiger partial charge < -0.3 is 15.3 Å². The number of nitrogens with one attached hydrogen (secondary N) is 1. The summed E-state index contributed by atoms with van der Waals surface area (Å²) in [6.07, 6.45) is 2.52. The zero-order chi connectivity index (χ0) is 16.7. The van der Waals surface area contributed by atoms with Crippen molar-refractivity contribution in [1.82, 2.24) is 0 Å². The van der Waals surface area contributed by atoms with Crippen LogP contribution in [0.1, 0.15) is 33.1 Å². The molecule has 0 saturated carbocycles. The second-order valence-corrected chi connectivity index (χ2v) is 7.62. The number of thioether (sulfide) groups is 1. The quantitative estimate of drug-likeness (QED) is 0.750. The first-order valence-corrected chi connectivity index (χ1v) is 9.61. The molecule has 0 radical (unpaired) electrons. The van der Waals surface area contributed by atoms with Crippen LogP contribution >= 0.6 is 11.8 Å². The van der Waals surface area contributed by atoms with Crippen LogP contribution in [0.5, 0.6) is 0 Å². The van der Waals surface area contributed by atoms with Crippen molar-refractivity contribution in [3.8, 4) is 0 Å². The number of hydrogen-bond donors (Lipinski definition) is 2. The van der Waals surface area contributed by atoms with Gasteiger partial charge in [-0.15, -0.1) is 0 Å². The molecule has 0 aliphatic carbocycles. The minimum absolute atomic E-state index is 0.0586. The highest BCUT2D eigenvalue weighted by molar-refractivity contribution is 7.99. The minimum Gasteiger partial charge on any atom is -0.393 e. The predicted octanol–water partition coefficient (Wildman–Crippen LogP) is 3.37. The summed E-state index contributed by atoms with van der Waals surface area (Å²) >= 11 is 1.69. The van der Waals surface area contributed by atoms with Crippen LogP contribution in [0, 0.1) is 5.92 Å². The van der Waals surface area contributed by atoms with Gasteiger partial charge in [0.15, 0.2) is 0 Å². The maximum atomic E-state index is 12.2. The Morgan fingerprint density at radius 2 is 2.04 bits per heavy atom. The molecule has 1 aliphatic heterocycles.